The minimum atomic E-state index is -1.82. The van der Waals surface area contributed by atoms with Gasteiger partial charge in [0, 0.05) is 24.7 Å². The molecule has 9 nitrogen and oxygen atoms in total. The van der Waals surface area contributed by atoms with E-state index >= 15 is 0 Å². The van der Waals surface area contributed by atoms with E-state index in [4.69, 9.17) is 19.8 Å². The smallest absolute Gasteiger partial charge is 0.414 e. The lowest BCUT2D eigenvalue weighted by atomic mass is 10.0. The molecule has 0 saturated carbocycles. The van der Waals surface area contributed by atoms with Crippen molar-refractivity contribution in [1.82, 2.24) is 9.80 Å². The molecule has 1 aromatic carbocycles. The fraction of sp³-hybridized carbons (Fsp3) is 0.556. The van der Waals surface area contributed by atoms with Crippen LogP contribution in [0.3, 0.4) is 0 Å². The largest absolute Gasteiger partial charge is 0.473 e. The molecule has 0 atom stereocenters. The molecule has 2 aliphatic rings. The van der Waals surface area contributed by atoms with Crippen molar-refractivity contribution < 1.29 is 24.7 Å². The number of hydrogen-bond acceptors (Lipinski definition) is 6. The molecule has 3 rings (SSSR count). The van der Waals surface area contributed by atoms with Crippen molar-refractivity contribution in [2.45, 2.75) is 38.3 Å². The van der Waals surface area contributed by atoms with E-state index in [-0.39, 0.29) is 10.6 Å². The zero-order valence-electron chi connectivity index (χ0n) is 15.1. The Morgan fingerprint density at radius 2 is 1.52 bits per heavy atom. The van der Waals surface area contributed by atoms with E-state index in [1.165, 1.54) is 44.3 Å². The van der Waals surface area contributed by atoms with Gasteiger partial charge in [0.15, 0.2) is 0 Å². The maximum atomic E-state index is 10.7. The van der Waals surface area contributed by atoms with Crippen molar-refractivity contribution in [1.29, 1.82) is 0 Å². The Bertz CT molecular complexity index is 638. The number of benzene rings is 1. The SMILES string of the molecule is O=C(O)C(=O)O.O=[N+]([O-])c1ccc(CN2CCC(N3CCCC3)CC2)cc1. The lowest BCUT2D eigenvalue weighted by Gasteiger charge is -2.36. The minimum absolute atomic E-state index is 0.173. The molecule has 2 N–H and O–H groups in total. The van der Waals surface area contributed by atoms with Crippen molar-refractivity contribution in [3.63, 3.8) is 0 Å². The second-order valence-corrected chi connectivity index (χ2v) is 6.78. The second-order valence-electron chi connectivity index (χ2n) is 6.78. The zero-order chi connectivity index (χ0) is 19.8. The van der Waals surface area contributed by atoms with Crippen LogP contribution in [0.1, 0.15) is 31.2 Å². The highest BCUT2D eigenvalue weighted by molar-refractivity contribution is 6.27. The third kappa shape index (κ3) is 6.61. The molecule has 2 saturated heterocycles. The third-order valence-corrected chi connectivity index (χ3v) is 4.95. The van der Waals surface area contributed by atoms with Crippen molar-refractivity contribution in [2.24, 2.45) is 0 Å². The number of hydrogen-bond donors (Lipinski definition) is 2. The van der Waals surface area contributed by atoms with Crippen molar-refractivity contribution in [3.8, 4) is 0 Å². The standard InChI is InChI=1S/C16H23N3O2.C2H2O4/c20-19(21)16-5-3-14(4-6-16)13-17-11-7-15(8-12-17)18-9-1-2-10-18;3-1(4)2(5)6/h3-6,15H,1-2,7-13H2;(H,3,4)(H,5,6). The number of non-ortho nitro benzene ring substituents is 1. The molecule has 0 spiro atoms. The molecule has 0 aliphatic carbocycles. The third-order valence-electron chi connectivity index (χ3n) is 4.95. The van der Waals surface area contributed by atoms with Gasteiger partial charge in [-0.05, 0) is 57.4 Å². The monoisotopic (exact) mass is 379 g/mol. The van der Waals surface area contributed by atoms with Gasteiger partial charge in [0.05, 0.1) is 4.92 Å². The average Bonchev–Trinajstić information content (AvgIpc) is 3.18. The van der Waals surface area contributed by atoms with Crippen LogP contribution in [-0.2, 0) is 16.1 Å². The Morgan fingerprint density at radius 1 is 1.00 bits per heavy atom. The van der Waals surface area contributed by atoms with Crippen LogP contribution in [-0.4, -0.2) is 69.1 Å². The number of carboxylic acids is 2. The van der Waals surface area contributed by atoms with Crippen molar-refractivity contribution in [3.05, 3.63) is 39.9 Å². The Hall–Kier alpha value is -2.52. The number of carbonyl (C=O) groups is 2. The first-order valence-electron chi connectivity index (χ1n) is 9.02. The van der Waals surface area contributed by atoms with Crippen LogP contribution in [0.25, 0.3) is 0 Å². The fourth-order valence-electron chi connectivity index (χ4n) is 3.53. The predicted octanol–water partition coefficient (Wildman–Crippen LogP) is 1.81. The van der Waals surface area contributed by atoms with Crippen molar-refractivity contribution in [2.75, 3.05) is 26.2 Å². The normalized spacial score (nSPS) is 18.5. The fourth-order valence-corrected chi connectivity index (χ4v) is 3.53. The summed E-state index contributed by atoms with van der Waals surface area (Å²) in [7, 11) is 0. The lowest BCUT2D eigenvalue weighted by molar-refractivity contribution is -0.384. The van der Waals surface area contributed by atoms with E-state index in [0.717, 1.165) is 25.7 Å². The summed E-state index contributed by atoms with van der Waals surface area (Å²) in [6, 6.07) is 7.74. The highest BCUT2D eigenvalue weighted by atomic mass is 16.6. The maximum absolute atomic E-state index is 10.7. The summed E-state index contributed by atoms with van der Waals surface area (Å²) in [5.41, 5.74) is 1.34. The van der Waals surface area contributed by atoms with Gasteiger partial charge in [0.2, 0.25) is 0 Å². The first-order valence-corrected chi connectivity index (χ1v) is 9.02. The highest BCUT2D eigenvalue weighted by Crippen LogP contribution is 2.22. The van der Waals surface area contributed by atoms with E-state index in [1.807, 2.05) is 12.1 Å². The summed E-state index contributed by atoms with van der Waals surface area (Å²) >= 11 is 0. The number of aliphatic carboxylic acids is 2. The molecule has 0 unspecified atom stereocenters. The van der Waals surface area contributed by atoms with Gasteiger partial charge in [0.1, 0.15) is 0 Å². The van der Waals surface area contributed by atoms with Crippen LogP contribution in [0.15, 0.2) is 24.3 Å². The van der Waals surface area contributed by atoms with E-state index in [9.17, 15) is 10.1 Å². The molecule has 0 radical (unpaired) electrons. The molecule has 2 aliphatic heterocycles. The topological polar surface area (TPSA) is 124 Å². The summed E-state index contributed by atoms with van der Waals surface area (Å²) in [4.78, 5) is 33.6. The zero-order valence-corrected chi connectivity index (χ0v) is 15.1. The number of nitro benzene ring substituents is 1. The Kier molecular flexibility index (Phi) is 7.68. The van der Waals surface area contributed by atoms with Crippen LogP contribution in [0.5, 0.6) is 0 Å². The highest BCUT2D eigenvalue weighted by Gasteiger charge is 2.26. The van der Waals surface area contributed by atoms with Crippen LogP contribution in [0.4, 0.5) is 5.69 Å². The van der Waals surface area contributed by atoms with Crippen LogP contribution >= 0.6 is 0 Å². The molecule has 9 heteroatoms. The van der Waals surface area contributed by atoms with Gasteiger partial charge >= 0.3 is 11.9 Å². The minimum Gasteiger partial charge on any atom is -0.473 e. The summed E-state index contributed by atoms with van der Waals surface area (Å²) in [6.07, 6.45) is 5.24. The molecule has 148 valence electrons. The molecule has 27 heavy (non-hydrogen) atoms. The average molecular weight is 379 g/mol. The van der Waals surface area contributed by atoms with Gasteiger partial charge in [-0.15, -0.1) is 0 Å². The summed E-state index contributed by atoms with van der Waals surface area (Å²) in [5, 5.41) is 25.4. The van der Waals surface area contributed by atoms with E-state index in [2.05, 4.69) is 9.80 Å². The quantitative estimate of drug-likeness (QED) is 0.461. The molecule has 2 fully saturated rings. The molecular formula is C18H25N3O6. The van der Waals surface area contributed by atoms with Crippen molar-refractivity contribution >= 4 is 17.6 Å². The van der Waals surface area contributed by atoms with Gasteiger partial charge in [-0.25, -0.2) is 9.59 Å². The number of likely N-dealkylation sites (tertiary alicyclic amines) is 2. The lowest BCUT2D eigenvalue weighted by Crippen LogP contribution is -2.43. The Balaban J connectivity index is 0.000000380. The molecule has 2 heterocycles. The first-order chi connectivity index (χ1) is 12.9. The molecule has 0 amide bonds. The number of piperidine rings is 1. The van der Waals surface area contributed by atoms with Gasteiger partial charge in [-0.1, -0.05) is 12.1 Å². The molecule has 0 bridgehead atoms. The van der Waals surface area contributed by atoms with Crippen LogP contribution < -0.4 is 0 Å². The molecular weight excluding hydrogens is 354 g/mol. The van der Waals surface area contributed by atoms with Crippen LogP contribution in [0, 0.1) is 10.1 Å². The van der Waals surface area contributed by atoms with Gasteiger partial charge < -0.3 is 15.1 Å². The second kappa shape index (κ2) is 9.98. The van der Waals surface area contributed by atoms with E-state index in [0.29, 0.717) is 0 Å². The first kappa shape index (κ1) is 20.8. The van der Waals surface area contributed by atoms with Crippen LogP contribution in [0.2, 0.25) is 0 Å². The Morgan fingerprint density at radius 3 is 1.96 bits per heavy atom. The van der Waals surface area contributed by atoms with Gasteiger partial charge in [-0.3, -0.25) is 15.0 Å². The summed E-state index contributed by atoms with van der Waals surface area (Å²) in [5.74, 6) is -3.65. The summed E-state index contributed by atoms with van der Waals surface area (Å²) in [6.45, 7) is 5.75. The van der Waals surface area contributed by atoms with Gasteiger partial charge in [0.25, 0.3) is 5.69 Å². The van der Waals surface area contributed by atoms with Gasteiger partial charge in [-0.2, -0.15) is 0 Å². The number of nitrogens with zero attached hydrogens (tertiary/aromatic N) is 3. The summed E-state index contributed by atoms with van der Waals surface area (Å²) < 4.78 is 0. The number of nitro groups is 1. The predicted molar refractivity (Wildman–Crippen MR) is 97.5 cm³/mol. The molecule has 1 aromatic rings. The maximum Gasteiger partial charge on any atom is 0.414 e. The molecule has 0 aromatic heterocycles. The van der Waals surface area contributed by atoms with E-state index in [1.54, 1.807) is 12.1 Å². The number of carboxylic acid groups (broad SMARTS) is 2. The van der Waals surface area contributed by atoms with E-state index < -0.39 is 11.9 Å². The number of rotatable bonds is 4. The Labute approximate surface area is 157 Å².